The van der Waals surface area contributed by atoms with Crippen LogP contribution in [0, 0.1) is 11.8 Å². The lowest BCUT2D eigenvalue weighted by molar-refractivity contribution is 0.611. The van der Waals surface area contributed by atoms with Crippen molar-refractivity contribution in [2.24, 2.45) is 0 Å². The molecule has 2 fully saturated rings. The summed E-state index contributed by atoms with van der Waals surface area (Å²) in [5.74, 6) is 8.69. The average molecular weight is 465 g/mol. The number of nitrogens with one attached hydrogen (secondary N) is 4. The second-order valence-electron chi connectivity index (χ2n) is 9.06. The molecule has 3 aromatic rings. The van der Waals surface area contributed by atoms with Crippen molar-refractivity contribution in [3.05, 3.63) is 96.0 Å². The highest BCUT2D eigenvalue weighted by Gasteiger charge is 2.20. The summed E-state index contributed by atoms with van der Waals surface area (Å²) in [6, 6.07) is 8.96. The quantitative estimate of drug-likeness (QED) is 0.296. The summed E-state index contributed by atoms with van der Waals surface area (Å²) in [4.78, 5) is 16.1. The molecule has 0 bridgehead atoms. The minimum atomic E-state index is 0.330. The minimum absolute atomic E-state index is 0.330. The van der Waals surface area contributed by atoms with E-state index in [-0.39, 0.29) is 0 Å². The molecule has 2 aliphatic rings. The van der Waals surface area contributed by atoms with Crippen LogP contribution in [0.1, 0.15) is 60.7 Å². The number of hydrogen-bond donors (Lipinski definition) is 4. The van der Waals surface area contributed by atoms with Crippen molar-refractivity contribution >= 4 is 0 Å². The highest BCUT2D eigenvalue weighted by molar-refractivity contribution is 5.62. The number of nitrogens with zero attached hydrogens (tertiary/aromatic N) is 2. The molecule has 178 valence electrons. The normalized spacial score (nSPS) is 20.3. The molecule has 6 nitrogen and oxygen atoms in total. The molecular formula is C29H32N6. The van der Waals surface area contributed by atoms with Gasteiger partial charge in [0.2, 0.25) is 0 Å². The Hall–Kier alpha value is -3.66. The van der Waals surface area contributed by atoms with Crippen LogP contribution in [0.2, 0.25) is 0 Å². The first-order valence-electron chi connectivity index (χ1n) is 12.5. The fraction of sp³-hybridized carbons (Fsp3) is 0.310. The third-order valence-electron chi connectivity index (χ3n) is 6.50. The molecule has 6 heteroatoms. The average Bonchev–Trinajstić information content (AvgIpc) is 3.70. The third kappa shape index (κ3) is 5.89. The number of aromatic amines is 2. The maximum absolute atomic E-state index is 4.60. The smallest absolute Gasteiger partial charge is 0.123 e. The van der Waals surface area contributed by atoms with Crippen LogP contribution in [0.3, 0.4) is 0 Å². The van der Waals surface area contributed by atoms with Crippen LogP contribution in [0.5, 0.6) is 0 Å². The molecule has 2 aromatic heterocycles. The summed E-state index contributed by atoms with van der Waals surface area (Å²) in [7, 11) is 0. The van der Waals surface area contributed by atoms with E-state index in [2.05, 4.69) is 67.2 Å². The zero-order chi connectivity index (χ0) is 23.9. The van der Waals surface area contributed by atoms with E-state index in [0.717, 1.165) is 72.1 Å². The van der Waals surface area contributed by atoms with Crippen molar-refractivity contribution in [1.29, 1.82) is 0 Å². The summed E-state index contributed by atoms with van der Waals surface area (Å²) < 4.78 is 0. The Balaban J connectivity index is 1.30. The monoisotopic (exact) mass is 464 g/mol. The van der Waals surface area contributed by atoms with Crippen LogP contribution in [0.15, 0.2) is 73.1 Å². The second-order valence-corrected chi connectivity index (χ2v) is 9.06. The molecule has 2 aliphatic heterocycles. The van der Waals surface area contributed by atoms with Crippen molar-refractivity contribution in [2.75, 3.05) is 13.1 Å². The highest BCUT2D eigenvalue weighted by atomic mass is 15.0. The number of aromatic nitrogens is 4. The molecule has 0 aliphatic carbocycles. The van der Waals surface area contributed by atoms with Crippen LogP contribution in [-0.4, -0.2) is 33.0 Å². The Bertz CT molecular complexity index is 1270. The number of benzene rings is 1. The Labute approximate surface area is 207 Å². The topological polar surface area (TPSA) is 81.4 Å². The minimum Gasteiger partial charge on any atom is -0.344 e. The van der Waals surface area contributed by atoms with Gasteiger partial charge in [-0.1, -0.05) is 48.8 Å². The van der Waals surface area contributed by atoms with Gasteiger partial charge in [-0.05, 0) is 57.0 Å². The Morgan fingerprint density at radius 1 is 1.03 bits per heavy atom. The molecule has 0 amide bonds. The molecule has 0 unspecified atom stereocenters. The van der Waals surface area contributed by atoms with Gasteiger partial charge >= 0.3 is 0 Å². The van der Waals surface area contributed by atoms with Gasteiger partial charge in [0.25, 0.3) is 0 Å². The molecule has 0 radical (unpaired) electrons. The van der Waals surface area contributed by atoms with Gasteiger partial charge < -0.3 is 20.6 Å². The van der Waals surface area contributed by atoms with Crippen LogP contribution in [-0.2, 0) is 6.42 Å². The van der Waals surface area contributed by atoms with Crippen molar-refractivity contribution in [3.8, 4) is 23.1 Å². The summed E-state index contributed by atoms with van der Waals surface area (Å²) in [5, 5.41) is 6.98. The zero-order valence-corrected chi connectivity index (χ0v) is 20.0. The molecule has 35 heavy (non-hydrogen) atoms. The Morgan fingerprint density at radius 3 is 2.54 bits per heavy atom. The van der Waals surface area contributed by atoms with Gasteiger partial charge in [-0.2, -0.15) is 0 Å². The first-order chi connectivity index (χ1) is 17.3. The summed E-state index contributed by atoms with van der Waals surface area (Å²) in [5.41, 5.74) is 5.11. The van der Waals surface area contributed by atoms with Gasteiger partial charge in [0.15, 0.2) is 0 Å². The van der Waals surface area contributed by atoms with E-state index in [9.17, 15) is 0 Å². The van der Waals surface area contributed by atoms with Crippen molar-refractivity contribution in [3.63, 3.8) is 0 Å². The first-order valence-corrected chi connectivity index (χ1v) is 12.5. The predicted octanol–water partition coefficient (Wildman–Crippen LogP) is 4.91. The van der Waals surface area contributed by atoms with E-state index >= 15 is 0 Å². The van der Waals surface area contributed by atoms with Crippen molar-refractivity contribution in [1.82, 2.24) is 30.6 Å². The van der Waals surface area contributed by atoms with E-state index in [1.165, 1.54) is 12.8 Å². The molecule has 4 heterocycles. The number of H-pyrrole nitrogens is 2. The van der Waals surface area contributed by atoms with Gasteiger partial charge in [-0.15, -0.1) is 0 Å². The molecular weight excluding hydrogens is 432 g/mol. The molecule has 5 rings (SSSR count). The Morgan fingerprint density at radius 2 is 1.80 bits per heavy atom. The van der Waals surface area contributed by atoms with Gasteiger partial charge in [0.1, 0.15) is 11.6 Å². The number of allylic oxidation sites excluding steroid dienone is 5. The Kier molecular flexibility index (Phi) is 7.38. The largest absolute Gasteiger partial charge is 0.344 e. The summed E-state index contributed by atoms with van der Waals surface area (Å²) in [6.07, 6.45) is 17.1. The van der Waals surface area contributed by atoms with E-state index in [4.69, 9.17) is 0 Å². The van der Waals surface area contributed by atoms with Crippen LogP contribution in [0.25, 0.3) is 11.3 Å². The fourth-order valence-electron chi connectivity index (χ4n) is 4.61. The fourth-order valence-corrected chi connectivity index (χ4v) is 4.61. The lowest BCUT2D eigenvalue weighted by Gasteiger charge is -2.05. The van der Waals surface area contributed by atoms with Crippen LogP contribution in [0.4, 0.5) is 0 Å². The third-order valence-corrected chi connectivity index (χ3v) is 6.50. The van der Waals surface area contributed by atoms with E-state index < -0.39 is 0 Å². The van der Waals surface area contributed by atoms with Crippen molar-refractivity contribution in [2.45, 2.75) is 44.2 Å². The SMILES string of the molecule is C=C/C=C\C(C#Cc1cccc(-c2cnc([C@@H]3CCCN3)[nH]2)c1)=C/Cc1cnc([C@@H]2CCCN2)[nH]1. The molecule has 0 saturated carbocycles. The van der Waals surface area contributed by atoms with Crippen LogP contribution < -0.4 is 10.6 Å². The first kappa shape index (κ1) is 23.1. The molecule has 2 atom stereocenters. The van der Waals surface area contributed by atoms with Gasteiger partial charge in [-0.25, -0.2) is 9.97 Å². The van der Waals surface area contributed by atoms with E-state index in [1.54, 1.807) is 6.08 Å². The zero-order valence-electron chi connectivity index (χ0n) is 20.0. The molecule has 1 aromatic carbocycles. The summed E-state index contributed by atoms with van der Waals surface area (Å²) in [6.45, 7) is 5.91. The second kappa shape index (κ2) is 11.2. The number of imidazole rings is 2. The van der Waals surface area contributed by atoms with E-state index in [1.807, 2.05) is 36.7 Å². The molecule has 0 spiro atoms. The van der Waals surface area contributed by atoms with Crippen molar-refractivity contribution < 1.29 is 0 Å². The lowest BCUT2D eigenvalue weighted by Crippen LogP contribution is -2.14. The number of hydrogen-bond acceptors (Lipinski definition) is 4. The number of rotatable bonds is 7. The van der Waals surface area contributed by atoms with Gasteiger partial charge in [-0.3, -0.25) is 0 Å². The highest BCUT2D eigenvalue weighted by Crippen LogP contribution is 2.24. The summed E-state index contributed by atoms with van der Waals surface area (Å²) >= 11 is 0. The lowest BCUT2D eigenvalue weighted by atomic mass is 10.1. The maximum atomic E-state index is 4.60. The molecule has 4 N–H and O–H groups in total. The standard InChI is InChI=1S/C29H32N6/c1-2-3-7-21(14-15-24-19-32-28(34-24)25-10-5-16-30-25)12-13-22-8-4-9-23(18-22)27-20-33-29(35-27)26-11-6-17-31-26/h2-4,7-9,14,18-20,25-26,30-31H,1,5-6,10-11,15-17H2,(H,32,34)(H,33,35)/b7-3-,21-14+/t25-,26-/m0/s1. The van der Waals surface area contributed by atoms with Crippen LogP contribution >= 0.6 is 0 Å². The maximum Gasteiger partial charge on any atom is 0.123 e. The molecule has 2 saturated heterocycles. The van der Waals surface area contributed by atoms with Gasteiger partial charge in [0.05, 0.1) is 24.0 Å². The van der Waals surface area contributed by atoms with Gasteiger partial charge in [0, 0.05) is 35.0 Å². The predicted molar refractivity (Wildman–Crippen MR) is 141 cm³/mol. The van der Waals surface area contributed by atoms with E-state index in [0.29, 0.717) is 12.1 Å².